The predicted octanol–water partition coefficient (Wildman–Crippen LogP) is 5.44. The van der Waals surface area contributed by atoms with Crippen molar-refractivity contribution >= 4 is 11.8 Å². The van der Waals surface area contributed by atoms with E-state index in [1.165, 1.54) is 48.7 Å². The summed E-state index contributed by atoms with van der Waals surface area (Å²) in [4.78, 5) is 2.42. The monoisotopic (exact) mass is 428 g/mol. The zero-order valence-electron chi connectivity index (χ0n) is 17.1. The Morgan fingerprint density at radius 2 is 1.73 bits per heavy atom. The highest BCUT2D eigenvalue weighted by Crippen LogP contribution is 2.36. The summed E-state index contributed by atoms with van der Waals surface area (Å²) >= 11 is 1.45. The highest BCUT2D eigenvalue weighted by atomic mass is 32.2. The van der Waals surface area contributed by atoms with Gasteiger partial charge in [0.2, 0.25) is 0 Å². The number of nitrogens with zero attached hydrogens (tertiary/aromatic N) is 4. The molecule has 0 amide bonds. The van der Waals surface area contributed by atoms with Crippen LogP contribution in [0.3, 0.4) is 0 Å². The summed E-state index contributed by atoms with van der Waals surface area (Å²) in [6.45, 7) is 5.50. The second kappa shape index (κ2) is 9.71. The molecule has 4 rings (SSSR count). The third-order valence-electron chi connectivity index (χ3n) is 5.47. The Morgan fingerprint density at radius 3 is 2.47 bits per heavy atom. The lowest BCUT2D eigenvalue weighted by Crippen LogP contribution is -2.30. The van der Waals surface area contributed by atoms with Gasteiger partial charge in [-0.15, -0.1) is 10.2 Å². The second-order valence-electron chi connectivity index (χ2n) is 7.73. The van der Waals surface area contributed by atoms with Crippen LogP contribution in [0.5, 0.6) is 0 Å². The topological polar surface area (TPSA) is 34.0 Å². The molecule has 0 spiro atoms. The Balaban J connectivity index is 1.59. The fourth-order valence-corrected chi connectivity index (χ4v) is 4.84. The molecule has 30 heavy (non-hydrogen) atoms. The Hall–Kier alpha value is -2.25. The number of piperidine rings is 1. The minimum Gasteiger partial charge on any atom is -0.300 e. The maximum atomic E-state index is 14.3. The molecule has 0 radical (unpaired) electrons. The van der Waals surface area contributed by atoms with E-state index in [1.807, 2.05) is 25.1 Å². The Kier molecular flexibility index (Phi) is 6.79. The summed E-state index contributed by atoms with van der Waals surface area (Å²) in [7, 11) is 0. The number of rotatable bonds is 7. The molecule has 7 heteroatoms. The summed E-state index contributed by atoms with van der Waals surface area (Å²) in [5, 5.41) is 9.47. The molecule has 1 aliphatic rings. The summed E-state index contributed by atoms with van der Waals surface area (Å²) in [6, 6.07) is 14.0. The van der Waals surface area contributed by atoms with Crippen LogP contribution in [0.1, 0.15) is 48.4 Å². The van der Waals surface area contributed by atoms with Gasteiger partial charge in [0, 0.05) is 16.9 Å². The Labute approximate surface area is 180 Å². The van der Waals surface area contributed by atoms with Crippen molar-refractivity contribution < 1.29 is 8.78 Å². The van der Waals surface area contributed by atoms with Crippen molar-refractivity contribution in [1.29, 1.82) is 0 Å². The zero-order valence-corrected chi connectivity index (χ0v) is 17.9. The van der Waals surface area contributed by atoms with Gasteiger partial charge in [-0.2, -0.15) is 0 Å². The molecule has 3 aromatic rings. The highest BCUT2D eigenvalue weighted by molar-refractivity contribution is 7.99. The molecule has 0 unspecified atom stereocenters. The second-order valence-corrected chi connectivity index (χ2v) is 9.04. The van der Waals surface area contributed by atoms with Crippen LogP contribution in [0.2, 0.25) is 0 Å². The molecule has 0 N–H and O–H groups in total. The number of benzene rings is 2. The van der Waals surface area contributed by atoms with Crippen LogP contribution in [0.25, 0.3) is 0 Å². The first-order valence-electron chi connectivity index (χ1n) is 10.4. The Morgan fingerprint density at radius 1 is 0.967 bits per heavy atom. The minimum atomic E-state index is -0.565. The summed E-state index contributed by atoms with van der Waals surface area (Å²) in [5.74, 6) is -0.169. The van der Waals surface area contributed by atoms with E-state index in [-0.39, 0.29) is 5.25 Å². The molecule has 4 nitrogen and oxygen atoms in total. The van der Waals surface area contributed by atoms with E-state index in [0.29, 0.717) is 12.1 Å². The van der Waals surface area contributed by atoms with Crippen molar-refractivity contribution in [2.45, 2.75) is 49.7 Å². The van der Waals surface area contributed by atoms with Gasteiger partial charge in [-0.05, 0) is 44.5 Å². The van der Waals surface area contributed by atoms with Gasteiger partial charge in [-0.1, -0.05) is 54.6 Å². The lowest BCUT2D eigenvalue weighted by molar-refractivity contribution is 0.213. The van der Waals surface area contributed by atoms with Crippen molar-refractivity contribution in [3.05, 3.63) is 77.1 Å². The predicted molar refractivity (Wildman–Crippen MR) is 115 cm³/mol. The molecule has 2 heterocycles. The molecular weight excluding hydrogens is 402 g/mol. The quantitative estimate of drug-likeness (QED) is 0.469. The van der Waals surface area contributed by atoms with Crippen LogP contribution in [0.4, 0.5) is 8.78 Å². The van der Waals surface area contributed by atoms with E-state index >= 15 is 0 Å². The van der Waals surface area contributed by atoms with Crippen LogP contribution < -0.4 is 0 Å². The number of thioether (sulfide) groups is 1. The number of halogens is 2. The average Bonchev–Trinajstić information content (AvgIpc) is 3.10. The summed E-state index contributed by atoms with van der Waals surface area (Å²) in [5.41, 5.74) is 1.63. The fraction of sp³-hybridized carbons (Fsp3) is 0.391. The van der Waals surface area contributed by atoms with Crippen LogP contribution in [0.15, 0.2) is 53.7 Å². The molecule has 0 saturated carbocycles. The van der Waals surface area contributed by atoms with Gasteiger partial charge in [0.05, 0.1) is 13.1 Å². The fourth-order valence-electron chi connectivity index (χ4n) is 3.82. The van der Waals surface area contributed by atoms with Crippen molar-refractivity contribution in [2.24, 2.45) is 0 Å². The highest BCUT2D eigenvalue weighted by Gasteiger charge is 2.21. The van der Waals surface area contributed by atoms with Crippen LogP contribution in [-0.4, -0.2) is 32.8 Å². The lowest BCUT2D eigenvalue weighted by atomic mass is 10.1. The van der Waals surface area contributed by atoms with Gasteiger partial charge >= 0.3 is 0 Å². The Bertz CT molecular complexity index is 971. The number of likely N-dealkylation sites (tertiary alicyclic amines) is 1. The molecule has 0 bridgehead atoms. The molecule has 1 atom stereocenters. The van der Waals surface area contributed by atoms with E-state index in [4.69, 9.17) is 0 Å². The largest absolute Gasteiger partial charge is 0.300 e. The molecule has 0 aliphatic carbocycles. The molecule has 1 aromatic heterocycles. The molecule has 158 valence electrons. The van der Waals surface area contributed by atoms with Crippen molar-refractivity contribution in [1.82, 2.24) is 19.7 Å². The third-order valence-corrected chi connectivity index (χ3v) is 6.59. The van der Waals surface area contributed by atoms with E-state index in [2.05, 4.69) is 31.8 Å². The van der Waals surface area contributed by atoms with Crippen LogP contribution in [0, 0.1) is 11.6 Å². The van der Waals surface area contributed by atoms with Gasteiger partial charge in [-0.3, -0.25) is 4.90 Å². The van der Waals surface area contributed by atoms with Crippen LogP contribution >= 0.6 is 11.8 Å². The first kappa shape index (κ1) is 21.0. The first-order valence-corrected chi connectivity index (χ1v) is 11.3. The number of hydrogen-bond donors (Lipinski definition) is 0. The van der Waals surface area contributed by atoms with E-state index in [9.17, 15) is 8.78 Å². The summed E-state index contributed by atoms with van der Waals surface area (Å²) in [6.07, 6.45) is 3.72. The molecule has 1 fully saturated rings. The molecule has 2 aromatic carbocycles. The van der Waals surface area contributed by atoms with E-state index in [0.717, 1.165) is 36.7 Å². The summed E-state index contributed by atoms with van der Waals surface area (Å²) < 4.78 is 29.7. The third kappa shape index (κ3) is 5.08. The van der Waals surface area contributed by atoms with Gasteiger partial charge in [0.15, 0.2) is 5.16 Å². The first-order chi connectivity index (χ1) is 14.6. The minimum absolute atomic E-state index is 0.216. The van der Waals surface area contributed by atoms with Crippen molar-refractivity contribution in [3.8, 4) is 0 Å². The SMILES string of the molecule is C[C@H](Sc1nnc(CN2CCCCC2)n1Cc1ccccc1)c1ccc(F)cc1F. The van der Waals surface area contributed by atoms with Gasteiger partial charge < -0.3 is 4.57 Å². The van der Waals surface area contributed by atoms with Gasteiger partial charge in [0.25, 0.3) is 0 Å². The number of aromatic nitrogens is 3. The van der Waals surface area contributed by atoms with Gasteiger partial charge in [0.1, 0.15) is 17.5 Å². The van der Waals surface area contributed by atoms with Crippen molar-refractivity contribution in [3.63, 3.8) is 0 Å². The van der Waals surface area contributed by atoms with Crippen molar-refractivity contribution in [2.75, 3.05) is 13.1 Å². The maximum Gasteiger partial charge on any atom is 0.192 e. The van der Waals surface area contributed by atoms with E-state index in [1.54, 1.807) is 0 Å². The maximum absolute atomic E-state index is 14.3. The smallest absolute Gasteiger partial charge is 0.192 e. The van der Waals surface area contributed by atoms with E-state index < -0.39 is 11.6 Å². The number of hydrogen-bond acceptors (Lipinski definition) is 4. The standard InChI is InChI=1S/C23H26F2N4S/c1-17(20-11-10-19(24)14-21(20)25)30-23-27-26-22(16-28-12-6-3-7-13-28)29(23)15-18-8-4-2-5-9-18/h2,4-5,8-11,14,17H,3,6-7,12-13,15-16H2,1H3/t17-/m0/s1. The van der Waals surface area contributed by atoms with Gasteiger partial charge in [-0.25, -0.2) is 8.78 Å². The van der Waals surface area contributed by atoms with Crippen LogP contribution in [-0.2, 0) is 13.1 Å². The molecular formula is C23H26F2N4S. The molecule has 1 aliphatic heterocycles. The molecule has 1 saturated heterocycles. The zero-order chi connectivity index (χ0) is 20.9. The lowest BCUT2D eigenvalue weighted by Gasteiger charge is -2.26. The average molecular weight is 429 g/mol. The normalized spacial score (nSPS) is 16.0.